The van der Waals surface area contributed by atoms with Crippen LogP contribution >= 0.6 is 0 Å². The van der Waals surface area contributed by atoms with E-state index in [1.54, 1.807) is 35.9 Å². The quantitative estimate of drug-likeness (QED) is 0.356. The lowest BCUT2D eigenvalue weighted by molar-refractivity contribution is -0.113. The van der Waals surface area contributed by atoms with E-state index in [0.29, 0.717) is 59.5 Å². The van der Waals surface area contributed by atoms with Gasteiger partial charge in [-0.05, 0) is 57.5 Å². The van der Waals surface area contributed by atoms with Crippen LogP contribution in [-0.2, 0) is 16.0 Å². The zero-order valence-electron chi connectivity index (χ0n) is 21.2. The maximum atomic E-state index is 13.7. The zero-order valence-corrected chi connectivity index (χ0v) is 21.2. The summed E-state index contributed by atoms with van der Waals surface area (Å²) in [5.41, 5.74) is 2.79. The molecule has 1 amide bonds. The van der Waals surface area contributed by atoms with Crippen molar-refractivity contribution in [1.82, 2.24) is 14.8 Å². The molecule has 10 nitrogen and oxygen atoms in total. The number of carbonyl (C=O) groups excluding carboxylic acids is 2. The van der Waals surface area contributed by atoms with Gasteiger partial charge in [0.1, 0.15) is 11.8 Å². The number of esters is 1. The summed E-state index contributed by atoms with van der Waals surface area (Å²) in [4.78, 5) is 30.3. The van der Waals surface area contributed by atoms with Crippen molar-refractivity contribution in [2.45, 2.75) is 39.7 Å². The van der Waals surface area contributed by atoms with Gasteiger partial charge in [0.15, 0.2) is 5.82 Å². The number of hydrogen-bond acceptors (Lipinski definition) is 8. The summed E-state index contributed by atoms with van der Waals surface area (Å²) in [6.45, 7) is 6.26. The molecule has 10 heteroatoms. The number of nitrogens with zero attached hydrogens (tertiary/aromatic N) is 3. The smallest absolute Gasteiger partial charge is 0.338 e. The Hall–Kier alpha value is -4.18. The monoisotopic (exact) mass is 505 g/mol. The number of fused-ring (bicyclic) bond motifs is 1. The van der Waals surface area contributed by atoms with Crippen LogP contribution in [0.1, 0.15) is 55.0 Å². The van der Waals surface area contributed by atoms with Crippen LogP contribution in [0.25, 0.3) is 0 Å². The predicted molar refractivity (Wildman–Crippen MR) is 139 cm³/mol. The van der Waals surface area contributed by atoms with E-state index in [4.69, 9.17) is 9.47 Å². The number of aromatic nitrogens is 3. The Bertz CT molecular complexity index is 1300. The molecule has 3 aromatic rings. The molecule has 0 spiro atoms. The van der Waals surface area contributed by atoms with Crippen molar-refractivity contribution in [1.29, 1.82) is 0 Å². The van der Waals surface area contributed by atoms with E-state index in [9.17, 15) is 14.7 Å². The minimum absolute atomic E-state index is 0.0355. The number of hydrogen-bond donors (Lipinski definition) is 3. The van der Waals surface area contributed by atoms with Gasteiger partial charge in [-0.1, -0.05) is 18.2 Å². The number of allylic oxidation sites excluding steroid dienone is 1. The molecule has 2 heterocycles. The molecule has 194 valence electrons. The lowest BCUT2D eigenvalue weighted by atomic mass is 9.94. The van der Waals surface area contributed by atoms with Gasteiger partial charge in [-0.3, -0.25) is 4.79 Å². The number of rotatable bonds is 10. The number of aliphatic hydroxyl groups excluding tert-OH is 1. The lowest BCUT2D eigenvalue weighted by Gasteiger charge is -2.29. The first-order chi connectivity index (χ1) is 18.0. The van der Waals surface area contributed by atoms with Crippen LogP contribution in [0.3, 0.4) is 0 Å². The highest BCUT2D eigenvalue weighted by Gasteiger charge is 2.36. The molecular weight excluding hydrogens is 474 g/mol. The second kappa shape index (κ2) is 11.7. The third kappa shape index (κ3) is 5.64. The average Bonchev–Trinajstić information content (AvgIpc) is 3.30. The molecule has 0 aliphatic carbocycles. The number of nitrogens with one attached hydrogen (secondary N) is 2. The highest BCUT2D eigenvalue weighted by Crippen LogP contribution is 2.39. The minimum atomic E-state index is -0.604. The van der Waals surface area contributed by atoms with Crippen molar-refractivity contribution < 1.29 is 24.2 Å². The van der Waals surface area contributed by atoms with Gasteiger partial charge in [0.05, 0.1) is 24.4 Å². The van der Waals surface area contributed by atoms with Crippen molar-refractivity contribution >= 4 is 23.5 Å². The summed E-state index contributed by atoms with van der Waals surface area (Å²) in [6.07, 6.45) is 1.04. The molecule has 4 rings (SSSR count). The van der Waals surface area contributed by atoms with Crippen molar-refractivity contribution in [2.24, 2.45) is 0 Å². The maximum absolute atomic E-state index is 13.7. The minimum Gasteiger partial charge on any atom is -0.494 e. The summed E-state index contributed by atoms with van der Waals surface area (Å²) < 4.78 is 12.6. The normalized spacial score (nSPS) is 14.5. The van der Waals surface area contributed by atoms with E-state index in [1.807, 2.05) is 38.1 Å². The highest BCUT2D eigenvalue weighted by molar-refractivity contribution is 6.06. The third-order valence-corrected chi connectivity index (χ3v) is 5.87. The first-order valence-electron chi connectivity index (χ1n) is 12.3. The summed E-state index contributed by atoms with van der Waals surface area (Å²) >= 11 is 0. The number of ether oxygens (including phenoxy) is 2. The van der Waals surface area contributed by atoms with E-state index >= 15 is 0 Å². The summed E-state index contributed by atoms with van der Waals surface area (Å²) in [7, 11) is 0. The molecule has 1 aliphatic heterocycles. The Labute approximate surface area is 215 Å². The first kappa shape index (κ1) is 25.9. The van der Waals surface area contributed by atoms with Gasteiger partial charge in [0.25, 0.3) is 5.91 Å². The van der Waals surface area contributed by atoms with Crippen LogP contribution in [0.2, 0.25) is 0 Å². The van der Waals surface area contributed by atoms with Crippen molar-refractivity contribution in [3.8, 4) is 5.75 Å². The van der Waals surface area contributed by atoms with E-state index in [-0.39, 0.29) is 19.1 Å². The van der Waals surface area contributed by atoms with Crippen molar-refractivity contribution in [2.75, 3.05) is 30.5 Å². The molecule has 1 aromatic heterocycles. The van der Waals surface area contributed by atoms with Crippen LogP contribution in [0.5, 0.6) is 5.75 Å². The van der Waals surface area contributed by atoms with Gasteiger partial charge in [-0.25, -0.2) is 9.48 Å². The fourth-order valence-electron chi connectivity index (χ4n) is 4.22. The molecule has 1 unspecified atom stereocenters. The van der Waals surface area contributed by atoms with Crippen LogP contribution in [0, 0.1) is 0 Å². The molecule has 0 radical (unpaired) electrons. The molecule has 0 saturated carbocycles. The Morgan fingerprint density at radius 1 is 1.11 bits per heavy atom. The van der Waals surface area contributed by atoms with Gasteiger partial charge in [-0.15, -0.1) is 0 Å². The Kier molecular flexibility index (Phi) is 8.19. The third-order valence-electron chi connectivity index (χ3n) is 5.87. The van der Waals surface area contributed by atoms with Gasteiger partial charge < -0.3 is 25.2 Å². The molecule has 1 aliphatic rings. The highest BCUT2D eigenvalue weighted by atomic mass is 16.5. The Morgan fingerprint density at radius 3 is 2.57 bits per heavy atom. The van der Waals surface area contributed by atoms with Gasteiger partial charge in [0.2, 0.25) is 5.95 Å². The molecule has 3 N–H and O–H groups in total. The molecule has 1 atom stereocenters. The van der Waals surface area contributed by atoms with Crippen LogP contribution in [0.4, 0.5) is 11.6 Å². The Morgan fingerprint density at radius 2 is 1.86 bits per heavy atom. The SMILES string of the molecule is CCOC(=O)c1ccc(NC(=O)C2=C(C)Nc3nc(CCCO)nn3C2c2ccccc2OCC)cc1. The van der Waals surface area contributed by atoms with Crippen molar-refractivity contribution in [3.05, 3.63) is 76.8 Å². The van der Waals surface area contributed by atoms with E-state index in [0.717, 1.165) is 5.56 Å². The van der Waals surface area contributed by atoms with E-state index in [1.165, 1.54) is 0 Å². The molecule has 37 heavy (non-hydrogen) atoms. The first-order valence-corrected chi connectivity index (χ1v) is 12.3. The second-order valence-corrected chi connectivity index (χ2v) is 8.41. The van der Waals surface area contributed by atoms with Gasteiger partial charge >= 0.3 is 5.97 Å². The maximum Gasteiger partial charge on any atom is 0.338 e. The number of carbonyl (C=O) groups is 2. The van der Waals surface area contributed by atoms with E-state index < -0.39 is 12.0 Å². The van der Waals surface area contributed by atoms with Gasteiger partial charge in [-0.2, -0.15) is 10.1 Å². The van der Waals surface area contributed by atoms with Crippen LogP contribution < -0.4 is 15.4 Å². The summed E-state index contributed by atoms with van der Waals surface area (Å²) in [5, 5.41) is 20.1. The fraction of sp³-hybridized carbons (Fsp3) is 0.333. The fourth-order valence-corrected chi connectivity index (χ4v) is 4.22. The van der Waals surface area contributed by atoms with Crippen molar-refractivity contribution in [3.63, 3.8) is 0 Å². The summed E-state index contributed by atoms with van der Waals surface area (Å²) in [5.74, 6) is 0.977. The Balaban J connectivity index is 1.71. The number of aliphatic hydroxyl groups is 1. The second-order valence-electron chi connectivity index (χ2n) is 8.41. The number of amides is 1. The number of benzene rings is 2. The largest absolute Gasteiger partial charge is 0.494 e. The van der Waals surface area contributed by atoms with Crippen LogP contribution in [-0.4, -0.2) is 51.6 Å². The molecule has 0 fully saturated rings. The number of aryl methyl sites for hydroxylation is 1. The molecule has 2 aromatic carbocycles. The lowest BCUT2D eigenvalue weighted by Crippen LogP contribution is -2.31. The predicted octanol–water partition coefficient (Wildman–Crippen LogP) is 3.71. The standard InChI is InChI=1S/C27H31N5O5/c1-4-36-21-10-7-6-9-20(21)24-23(17(3)28-27-30-22(11-8-16-33)31-32(24)27)25(34)29-19-14-12-18(13-15-19)26(35)37-5-2/h6-7,9-10,12-15,24,33H,4-5,8,11,16H2,1-3H3,(H,29,34)(H,28,30,31). The topological polar surface area (TPSA) is 128 Å². The number of para-hydroxylation sites is 1. The van der Waals surface area contributed by atoms with Crippen LogP contribution in [0.15, 0.2) is 59.8 Å². The summed E-state index contributed by atoms with van der Waals surface area (Å²) in [6, 6.07) is 13.5. The van der Waals surface area contributed by atoms with E-state index in [2.05, 4.69) is 20.7 Å². The molecular formula is C27H31N5O5. The molecule has 0 saturated heterocycles. The average molecular weight is 506 g/mol. The van der Waals surface area contributed by atoms with Gasteiger partial charge in [0, 0.05) is 30.0 Å². The molecule has 0 bridgehead atoms. The number of anilines is 2. The zero-order chi connectivity index (χ0) is 26.4.